The van der Waals surface area contributed by atoms with Crippen LogP contribution in [0.15, 0.2) is 48.6 Å². The number of rotatable bonds is 2. The maximum atomic E-state index is 11.6. The second-order valence-corrected chi connectivity index (χ2v) is 7.28. The number of hydrogen-bond donors (Lipinski definition) is 1. The van der Waals surface area contributed by atoms with E-state index in [1.807, 2.05) is 18.2 Å². The fourth-order valence-electron chi connectivity index (χ4n) is 3.92. The first-order valence-electron chi connectivity index (χ1n) is 8.19. The van der Waals surface area contributed by atoms with Crippen LogP contribution >= 0.6 is 23.2 Å². The van der Waals surface area contributed by atoms with Crippen LogP contribution in [0.3, 0.4) is 0 Å². The van der Waals surface area contributed by atoms with E-state index in [9.17, 15) is 4.79 Å². The third-order valence-corrected chi connectivity index (χ3v) is 5.60. The summed E-state index contributed by atoms with van der Waals surface area (Å²) in [6.45, 7) is 0. The minimum atomic E-state index is -0.326. The quantitative estimate of drug-likeness (QED) is 0.549. The fraction of sp³-hybridized carbons (Fsp3) is 0.250. The van der Waals surface area contributed by atoms with Crippen molar-refractivity contribution in [2.75, 3.05) is 12.4 Å². The highest BCUT2D eigenvalue weighted by Gasteiger charge is 2.39. The molecule has 0 saturated carbocycles. The van der Waals surface area contributed by atoms with Crippen molar-refractivity contribution in [2.45, 2.75) is 18.4 Å². The van der Waals surface area contributed by atoms with Crippen LogP contribution in [0, 0.1) is 5.92 Å². The van der Waals surface area contributed by atoms with Crippen molar-refractivity contribution in [3.63, 3.8) is 0 Å². The Morgan fingerprint density at radius 3 is 2.68 bits per heavy atom. The van der Waals surface area contributed by atoms with Crippen LogP contribution < -0.4 is 5.32 Å². The number of carbonyl (C=O) groups excluding carboxylic acids is 1. The van der Waals surface area contributed by atoms with E-state index in [1.54, 1.807) is 18.2 Å². The highest BCUT2D eigenvalue weighted by molar-refractivity contribution is 6.35. The number of methoxy groups -OCH3 is 1. The molecule has 2 aliphatic rings. The molecule has 0 radical (unpaired) electrons. The van der Waals surface area contributed by atoms with Gasteiger partial charge in [-0.2, -0.15) is 0 Å². The molecule has 0 saturated heterocycles. The van der Waals surface area contributed by atoms with Gasteiger partial charge in [-0.15, -0.1) is 0 Å². The summed E-state index contributed by atoms with van der Waals surface area (Å²) in [6, 6.07) is 11.4. The van der Waals surface area contributed by atoms with Crippen LogP contribution in [-0.2, 0) is 4.74 Å². The molecule has 0 aromatic heterocycles. The third kappa shape index (κ3) is 2.82. The summed E-state index contributed by atoms with van der Waals surface area (Å²) >= 11 is 12.7. The van der Waals surface area contributed by atoms with E-state index in [-0.39, 0.29) is 17.9 Å². The molecule has 3 nitrogen and oxygen atoms in total. The standard InChI is InChI=1S/C20H17Cl2NO2/c1-25-20(24)12-7-5-11(6-8-12)19-15-4-2-3-14(15)18-16(22)9-13(21)10-17(18)23-19/h2-3,5-10,14-15,19,23H,4H2,1H3/t14-,15-,19-/m0/s1. The molecule has 0 unspecified atom stereocenters. The van der Waals surface area contributed by atoms with Gasteiger partial charge in [0.1, 0.15) is 0 Å². The second kappa shape index (κ2) is 6.40. The fourth-order valence-corrected chi connectivity index (χ4v) is 4.54. The normalized spacial score (nSPS) is 23.6. The van der Waals surface area contributed by atoms with Crippen molar-refractivity contribution in [3.8, 4) is 0 Å². The minimum Gasteiger partial charge on any atom is -0.465 e. The van der Waals surface area contributed by atoms with Gasteiger partial charge in [-0.25, -0.2) is 4.79 Å². The SMILES string of the molecule is COC(=O)c1ccc([C@@H]2Nc3cc(Cl)cc(Cl)c3[C@H]3C=CC[C@@H]32)cc1. The Balaban J connectivity index is 1.73. The Morgan fingerprint density at radius 1 is 1.20 bits per heavy atom. The number of ether oxygens (including phenoxy) is 1. The number of hydrogen-bond acceptors (Lipinski definition) is 3. The lowest BCUT2D eigenvalue weighted by molar-refractivity contribution is 0.0600. The predicted octanol–water partition coefficient (Wildman–Crippen LogP) is 5.61. The lowest BCUT2D eigenvalue weighted by atomic mass is 9.77. The molecule has 0 amide bonds. The van der Waals surface area contributed by atoms with Gasteiger partial charge in [0, 0.05) is 27.2 Å². The van der Waals surface area contributed by atoms with Gasteiger partial charge in [0.05, 0.1) is 18.7 Å². The molecule has 128 valence electrons. The molecular formula is C20H17Cl2NO2. The van der Waals surface area contributed by atoms with Crippen LogP contribution in [0.25, 0.3) is 0 Å². The molecule has 0 bridgehead atoms. The molecule has 1 N–H and O–H groups in total. The lowest BCUT2D eigenvalue weighted by Gasteiger charge is -2.38. The number of benzene rings is 2. The predicted molar refractivity (Wildman–Crippen MR) is 101 cm³/mol. The Morgan fingerprint density at radius 2 is 1.96 bits per heavy atom. The van der Waals surface area contributed by atoms with Crippen LogP contribution in [0.4, 0.5) is 5.69 Å². The van der Waals surface area contributed by atoms with Gasteiger partial charge in [0.2, 0.25) is 0 Å². The minimum absolute atomic E-state index is 0.133. The first-order valence-corrected chi connectivity index (χ1v) is 8.94. The van der Waals surface area contributed by atoms with Crippen LogP contribution in [0.2, 0.25) is 10.0 Å². The number of anilines is 1. The van der Waals surface area contributed by atoms with Crippen molar-refractivity contribution >= 4 is 34.9 Å². The molecule has 5 heteroatoms. The number of halogens is 2. The molecule has 1 aliphatic heterocycles. The van der Waals surface area contributed by atoms with Crippen molar-refractivity contribution < 1.29 is 9.53 Å². The van der Waals surface area contributed by atoms with E-state index >= 15 is 0 Å². The smallest absolute Gasteiger partial charge is 0.337 e. The van der Waals surface area contributed by atoms with E-state index < -0.39 is 0 Å². The molecule has 1 aliphatic carbocycles. The molecule has 3 atom stereocenters. The Hall–Kier alpha value is -1.97. The molecular weight excluding hydrogens is 357 g/mol. The van der Waals surface area contributed by atoms with Crippen LogP contribution in [-0.4, -0.2) is 13.1 Å². The highest BCUT2D eigenvalue weighted by atomic mass is 35.5. The summed E-state index contributed by atoms with van der Waals surface area (Å²) in [5, 5.41) is 4.93. The third-order valence-electron chi connectivity index (χ3n) is 5.07. The molecule has 2 aromatic carbocycles. The maximum absolute atomic E-state index is 11.6. The summed E-state index contributed by atoms with van der Waals surface area (Å²) in [4.78, 5) is 11.6. The molecule has 4 rings (SSSR count). The van der Waals surface area contributed by atoms with E-state index in [0.717, 1.165) is 23.2 Å². The van der Waals surface area contributed by atoms with Crippen LogP contribution in [0.1, 0.15) is 39.9 Å². The average molecular weight is 374 g/mol. The van der Waals surface area contributed by atoms with Gasteiger partial charge < -0.3 is 10.1 Å². The molecule has 0 spiro atoms. The van der Waals surface area contributed by atoms with Gasteiger partial charge in [-0.05, 0) is 42.2 Å². The summed E-state index contributed by atoms with van der Waals surface area (Å²) in [5.41, 5.74) is 3.78. The van der Waals surface area contributed by atoms with Crippen molar-refractivity contribution in [2.24, 2.45) is 5.92 Å². The molecule has 1 heterocycles. The summed E-state index contributed by atoms with van der Waals surface area (Å²) in [6.07, 6.45) is 5.44. The van der Waals surface area contributed by atoms with Gasteiger partial charge >= 0.3 is 5.97 Å². The monoisotopic (exact) mass is 373 g/mol. The average Bonchev–Trinajstić information content (AvgIpc) is 3.09. The summed E-state index contributed by atoms with van der Waals surface area (Å²) < 4.78 is 4.77. The Labute approximate surface area is 156 Å². The highest BCUT2D eigenvalue weighted by Crippen LogP contribution is 2.52. The molecule has 25 heavy (non-hydrogen) atoms. The van der Waals surface area contributed by atoms with Gasteiger partial charge in [-0.1, -0.05) is 47.5 Å². The largest absolute Gasteiger partial charge is 0.465 e. The first-order chi connectivity index (χ1) is 12.1. The zero-order chi connectivity index (χ0) is 17.6. The molecule has 2 aromatic rings. The van der Waals surface area contributed by atoms with Gasteiger partial charge in [0.25, 0.3) is 0 Å². The lowest BCUT2D eigenvalue weighted by Crippen LogP contribution is -2.29. The zero-order valence-corrected chi connectivity index (χ0v) is 15.1. The van der Waals surface area contributed by atoms with Crippen molar-refractivity contribution in [1.82, 2.24) is 0 Å². The first kappa shape index (κ1) is 16.5. The van der Waals surface area contributed by atoms with Crippen molar-refractivity contribution in [3.05, 3.63) is 75.3 Å². The number of fused-ring (bicyclic) bond motifs is 3. The van der Waals surface area contributed by atoms with E-state index in [0.29, 0.717) is 21.5 Å². The number of allylic oxidation sites excluding steroid dienone is 2. The summed E-state index contributed by atoms with van der Waals surface area (Å²) in [7, 11) is 1.39. The summed E-state index contributed by atoms with van der Waals surface area (Å²) in [5.74, 6) is 0.328. The topological polar surface area (TPSA) is 38.3 Å². The van der Waals surface area contributed by atoms with E-state index in [2.05, 4.69) is 17.5 Å². The van der Waals surface area contributed by atoms with Crippen LogP contribution in [0.5, 0.6) is 0 Å². The number of nitrogens with one attached hydrogen (secondary N) is 1. The van der Waals surface area contributed by atoms with Gasteiger partial charge in [0.15, 0.2) is 0 Å². The number of carbonyl (C=O) groups is 1. The second-order valence-electron chi connectivity index (χ2n) is 6.44. The Kier molecular flexibility index (Phi) is 4.22. The van der Waals surface area contributed by atoms with E-state index in [4.69, 9.17) is 27.9 Å². The Bertz CT molecular complexity index is 861. The molecule has 0 fully saturated rings. The van der Waals surface area contributed by atoms with Gasteiger partial charge in [-0.3, -0.25) is 0 Å². The number of esters is 1. The zero-order valence-electron chi connectivity index (χ0n) is 13.6. The maximum Gasteiger partial charge on any atom is 0.337 e. The van der Waals surface area contributed by atoms with E-state index in [1.165, 1.54) is 7.11 Å². The van der Waals surface area contributed by atoms with Crippen molar-refractivity contribution in [1.29, 1.82) is 0 Å².